The number of ether oxygens (including phenoxy) is 5. The van der Waals surface area contributed by atoms with Gasteiger partial charge in [0.15, 0.2) is 12.6 Å². The molecule has 2 aliphatic heterocycles. The predicted octanol–water partition coefficient (Wildman–Crippen LogP) is -6.24. The molecule has 0 bridgehead atoms. The Kier molecular flexibility index (Phi) is 14.7. The summed E-state index contributed by atoms with van der Waals surface area (Å²) < 4.78 is 54.1. The van der Waals surface area contributed by atoms with E-state index in [0.29, 0.717) is 17.0 Å². The van der Waals surface area contributed by atoms with E-state index >= 15 is 0 Å². The Morgan fingerprint density at radius 1 is 0.776 bits per heavy atom. The Morgan fingerprint density at radius 3 is 1.95 bits per heavy atom. The molecule has 1 aromatic heterocycles. The second-order valence-electron chi connectivity index (χ2n) is 14.1. The van der Waals surface area contributed by atoms with E-state index in [2.05, 4.69) is 9.97 Å². The number of nitrogens with zero attached hydrogens (tertiary/aromatic N) is 1. The molecule has 15 atom stereocenters. The van der Waals surface area contributed by atoms with Crippen LogP contribution in [0.25, 0.3) is 11.0 Å². The molecule has 24 heteroatoms. The first-order chi connectivity index (χ1) is 27.3. The number of methoxy groups -OCH3 is 1. The summed E-state index contributed by atoms with van der Waals surface area (Å²) in [6.45, 7) is -0.763. The summed E-state index contributed by atoms with van der Waals surface area (Å²) >= 11 is 0. The molecule has 3 heterocycles. The number of nitrogens with one attached hydrogen (secondary N) is 2. The molecular weight excluding hydrogens is 794 g/mol. The maximum absolute atomic E-state index is 12.8. The van der Waals surface area contributed by atoms with Gasteiger partial charge < -0.3 is 92.3 Å². The first-order valence-corrected chi connectivity index (χ1v) is 19.5. The topological polar surface area (TPSA) is 395 Å². The third kappa shape index (κ3) is 9.37. The molecule has 0 radical (unpaired) electrons. The van der Waals surface area contributed by atoms with E-state index < -0.39 is 119 Å². The highest BCUT2D eigenvalue weighted by Crippen LogP contribution is 2.32. The maximum Gasteiger partial charge on any atom is 0.314 e. The first kappa shape index (κ1) is 45.4. The maximum atomic E-state index is 12.8. The average Bonchev–Trinajstić information content (AvgIpc) is 3.20. The lowest BCUT2D eigenvalue weighted by atomic mass is 9.84. The monoisotopic (exact) mass is 845 g/mol. The van der Waals surface area contributed by atoms with Gasteiger partial charge in [-0.2, -0.15) is 0 Å². The van der Waals surface area contributed by atoms with Crippen LogP contribution in [0.5, 0.6) is 5.75 Å². The summed E-state index contributed by atoms with van der Waals surface area (Å²) in [6.07, 6.45) is -16.5. The van der Waals surface area contributed by atoms with Crippen LogP contribution in [-0.4, -0.2) is 173 Å². The molecule has 1 saturated carbocycles. The lowest BCUT2D eigenvalue weighted by Crippen LogP contribution is -2.68. The molecule has 2 saturated heterocycles. The van der Waals surface area contributed by atoms with Gasteiger partial charge in [-0.1, -0.05) is 6.07 Å². The van der Waals surface area contributed by atoms with Crippen LogP contribution >= 0.6 is 0 Å². The van der Waals surface area contributed by atoms with Crippen LogP contribution < -0.4 is 43.1 Å². The molecular formula is C34H51N7O16S. The second-order valence-corrected chi connectivity index (χ2v) is 16.0. The van der Waals surface area contributed by atoms with Crippen LogP contribution in [0.15, 0.2) is 56.9 Å². The van der Waals surface area contributed by atoms with E-state index in [4.69, 9.17) is 46.6 Å². The Labute approximate surface area is 330 Å². The highest BCUT2D eigenvalue weighted by atomic mass is 32.2. The molecule has 0 amide bonds. The fourth-order valence-corrected chi connectivity index (χ4v) is 7.97. The standard InChI is InChI=1S/C18H36N4O11.C16H15N3O5S/c19-2-6-10(25)12(27)13(28)18(30-6)33-16-5(21)1-4(20)15(14(16)29)32-17-11(26)8(22)9(24)7(3-23)31-17;1-19(10-4-3-5-11(8-10)24-2)25(22,23)12-6-7-13-14(9-12)18-16(21)15(20)17-13/h4-18,23-29H,1-3,19-22H2;3-9H,1-2H3,(H,17,20)(H,18,21)/t4-,5+,6-,7-,8+,9-,10-,11-,12+,13-,14-,15+,16-,17-,18-;/m1./s1. The zero-order valence-corrected chi connectivity index (χ0v) is 32.1. The quantitative estimate of drug-likeness (QED) is 0.0844. The molecule has 17 N–H and O–H groups in total. The van der Waals surface area contributed by atoms with Crippen molar-refractivity contribution in [1.29, 1.82) is 0 Å². The second kappa shape index (κ2) is 18.7. The molecule has 3 fully saturated rings. The normalized spacial score (nSPS) is 35.5. The molecule has 58 heavy (non-hydrogen) atoms. The van der Waals surface area contributed by atoms with Crippen LogP contribution in [0.3, 0.4) is 0 Å². The Bertz CT molecular complexity index is 2020. The number of aromatic amines is 2. The summed E-state index contributed by atoms with van der Waals surface area (Å²) in [6, 6.07) is 7.86. The van der Waals surface area contributed by atoms with Gasteiger partial charge in [0.25, 0.3) is 10.0 Å². The molecule has 3 aromatic rings. The molecule has 23 nitrogen and oxygen atoms in total. The summed E-state index contributed by atoms with van der Waals surface area (Å²) in [5, 5.41) is 70.9. The number of benzene rings is 2. The minimum absolute atomic E-state index is 0.0204. The minimum atomic E-state index is -3.87. The summed E-state index contributed by atoms with van der Waals surface area (Å²) in [5.41, 5.74) is 22.9. The van der Waals surface area contributed by atoms with Crippen LogP contribution in [0.1, 0.15) is 6.42 Å². The van der Waals surface area contributed by atoms with Gasteiger partial charge in [0.05, 0.1) is 41.4 Å². The van der Waals surface area contributed by atoms with E-state index in [1.165, 1.54) is 32.4 Å². The van der Waals surface area contributed by atoms with E-state index in [9.17, 15) is 53.8 Å². The number of fused-ring (bicyclic) bond motifs is 1. The molecule has 2 aromatic carbocycles. The van der Waals surface area contributed by atoms with Crippen molar-refractivity contribution in [2.75, 3.05) is 31.6 Å². The Hall–Kier alpha value is -3.67. The number of anilines is 1. The summed E-state index contributed by atoms with van der Waals surface area (Å²) in [7, 11) is -0.953. The van der Waals surface area contributed by atoms with Gasteiger partial charge in [0.2, 0.25) is 0 Å². The number of aliphatic hydroxyl groups excluding tert-OH is 7. The van der Waals surface area contributed by atoms with E-state index in [1.54, 1.807) is 24.3 Å². The lowest BCUT2D eigenvalue weighted by molar-refractivity contribution is -0.332. The number of rotatable bonds is 10. The Morgan fingerprint density at radius 2 is 1.36 bits per heavy atom. The minimum Gasteiger partial charge on any atom is -0.497 e. The molecule has 324 valence electrons. The van der Waals surface area contributed by atoms with E-state index in [-0.39, 0.29) is 23.4 Å². The van der Waals surface area contributed by atoms with Gasteiger partial charge in [-0.15, -0.1) is 0 Å². The van der Waals surface area contributed by atoms with Crippen molar-refractivity contribution in [3.8, 4) is 5.75 Å². The Balaban J connectivity index is 0.000000229. The van der Waals surface area contributed by atoms with Crippen molar-refractivity contribution < 1.29 is 67.8 Å². The molecule has 0 unspecified atom stereocenters. The fourth-order valence-electron chi connectivity index (χ4n) is 6.76. The van der Waals surface area contributed by atoms with Crippen LogP contribution in [0, 0.1) is 0 Å². The van der Waals surface area contributed by atoms with Crippen molar-refractivity contribution in [2.45, 2.75) is 103 Å². The van der Waals surface area contributed by atoms with Gasteiger partial charge in [-0.25, -0.2) is 8.42 Å². The number of sulfonamides is 1. The highest BCUT2D eigenvalue weighted by Gasteiger charge is 2.51. The molecule has 0 spiro atoms. The van der Waals surface area contributed by atoms with Crippen molar-refractivity contribution in [2.24, 2.45) is 22.9 Å². The first-order valence-electron chi connectivity index (χ1n) is 18.0. The van der Waals surface area contributed by atoms with Crippen molar-refractivity contribution in [3.05, 3.63) is 63.2 Å². The number of nitrogens with two attached hydrogens (primary N) is 4. The third-order valence-corrected chi connectivity index (χ3v) is 12.0. The largest absolute Gasteiger partial charge is 0.497 e. The van der Waals surface area contributed by atoms with Gasteiger partial charge in [-0.3, -0.25) is 13.9 Å². The van der Waals surface area contributed by atoms with Crippen LogP contribution in [0.2, 0.25) is 0 Å². The van der Waals surface area contributed by atoms with Crippen LogP contribution in [-0.2, 0) is 29.0 Å². The molecule has 1 aliphatic carbocycles. The smallest absolute Gasteiger partial charge is 0.314 e. The lowest BCUT2D eigenvalue weighted by Gasteiger charge is -2.48. The van der Waals surface area contributed by atoms with Gasteiger partial charge in [0.1, 0.15) is 66.8 Å². The van der Waals surface area contributed by atoms with Gasteiger partial charge in [-0.05, 0) is 36.8 Å². The molecule has 6 rings (SSSR count). The van der Waals surface area contributed by atoms with Crippen molar-refractivity contribution >= 4 is 26.7 Å². The van der Waals surface area contributed by atoms with Gasteiger partial charge >= 0.3 is 11.1 Å². The third-order valence-electron chi connectivity index (χ3n) is 10.3. The number of aliphatic hydroxyl groups is 7. The number of H-pyrrole nitrogens is 2. The van der Waals surface area contributed by atoms with E-state index in [1.807, 2.05) is 0 Å². The fraction of sp³-hybridized carbons (Fsp3) is 0.588. The van der Waals surface area contributed by atoms with Crippen molar-refractivity contribution in [3.63, 3.8) is 0 Å². The number of hydrogen-bond acceptors (Lipinski definition) is 20. The van der Waals surface area contributed by atoms with E-state index in [0.717, 1.165) is 4.31 Å². The zero-order valence-electron chi connectivity index (χ0n) is 31.3. The van der Waals surface area contributed by atoms with Crippen LogP contribution in [0.4, 0.5) is 5.69 Å². The number of aromatic nitrogens is 2. The van der Waals surface area contributed by atoms with Gasteiger partial charge in [0, 0.05) is 31.7 Å². The molecule has 3 aliphatic rings. The highest BCUT2D eigenvalue weighted by molar-refractivity contribution is 7.92. The SMILES string of the molecule is COc1cccc(N(C)S(=O)(=O)c2ccc3[nH]c(=O)c(=O)[nH]c3c2)c1.NC[C@H]1O[C@H](O[C@H]2[C@H](O)[C@@H](O[C@H]3O[C@H](CO)[C@@H](O)[C@H](N)[C@H]3O)[C@H](N)C[C@@H]2N)[C@H](O)[C@@H](O)[C@@H]1O. The zero-order chi connectivity index (χ0) is 42.8. The number of hydrogen-bond donors (Lipinski definition) is 13. The summed E-state index contributed by atoms with van der Waals surface area (Å²) in [5.74, 6) is 0.528. The average molecular weight is 846 g/mol. The van der Waals surface area contributed by atoms with Crippen molar-refractivity contribution in [1.82, 2.24) is 9.97 Å². The summed E-state index contributed by atoms with van der Waals surface area (Å²) in [4.78, 5) is 27.5. The predicted molar refractivity (Wildman–Crippen MR) is 202 cm³/mol.